The standard InChI is InChI=1S/C29H29ClN2O6.CH4O/c1-18(34)23-11-8-20(30)13-24(23)25-15-28(35)32(16-27(25)37-2)26(14-22-5-3-4-12-38-22)29(36)31-21-9-6-19(17-33)7-10-21;1-2/h6-11,13,15-17,22,26H,3-5,12,14H2,1-2H3,(H,31,36);2H,1H3. The first-order chi connectivity index (χ1) is 19.3. The van der Waals surface area contributed by atoms with Crippen molar-refractivity contribution in [2.24, 2.45) is 0 Å². The van der Waals surface area contributed by atoms with Crippen molar-refractivity contribution in [1.29, 1.82) is 0 Å². The summed E-state index contributed by atoms with van der Waals surface area (Å²) < 4.78 is 12.9. The molecule has 0 saturated carbocycles. The Morgan fingerprint density at radius 3 is 2.48 bits per heavy atom. The van der Waals surface area contributed by atoms with E-state index in [9.17, 15) is 19.2 Å². The number of carbonyl (C=O) groups excluding carboxylic acids is 3. The number of ketones is 1. The van der Waals surface area contributed by atoms with Crippen LogP contribution >= 0.6 is 11.6 Å². The third kappa shape index (κ3) is 7.44. The van der Waals surface area contributed by atoms with Crippen LogP contribution in [-0.4, -0.2) is 54.6 Å². The van der Waals surface area contributed by atoms with E-state index >= 15 is 0 Å². The number of aliphatic hydroxyl groups is 1. The summed E-state index contributed by atoms with van der Waals surface area (Å²) in [7, 11) is 2.46. The van der Waals surface area contributed by atoms with Crippen molar-refractivity contribution in [2.45, 2.75) is 44.8 Å². The highest BCUT2D eigenvalue weighted by Gasteiger charge is 2.29. The van der Waals surface area contributed by atoms with Gasteiger partial charge in [-0.05, 0) is 74.2 Å². The zero-order valence-corrected chi connectivity index (χ0v) is 23.4. The summed E-state index contributed by atoms with van der Waals surface area (Å²) in [6.45, 7) is 2.04. The number of aromatic nitrogens is 1. The third-order valence-corrected chi connectivity index (χ3v) is 6.86. The first kappa shape index (κ1) is 30.7. The number of ether oxygens (including phenoxy) is 2. The van der Waals surface area contributed by atoms with Gasteiger partial charge in [-0.15, -0.1) is 0 Å². The van der Waals surface area contributed by atoms with E-state index in [2.05, 4.69) is 5.32 Å². The van der Waals surface area contributed by atoms with Crippen LogP contribution in [0.1, 0.15) is 59.4 Å². The van der Waals surface area contributed by atoms with Gasteiger partial charge in [0.1, 0.15) is 18.1 Å². The third-order valence-electron chi connectivity index (χ3n) is 6.63. The summed E-state index contributed by atoms with van der Waals surface area (Å²) in [4.78, 5) is 50.3. The maximum absolute atomic E-state index is 13.5. The van der Waals surface area contributed by atoms with Crippen molar-refractivity contribution < 1.29 is 29.0 Å². The molecule has 1 aliphatic rings. The van der Waals surface area contributed by atoms with E-state index in [0.717, 1.165) is 32.7 Å². The maximum Gasteiger partial charge on any atom is 0.252 e. The number of hydrogen-bond donors (Lipinski definition) is 2. The number of Topliss-reactive ketones (excluding diaryl/α,β-unsaturated/α-hetero) is 1. The highest BCUT2D eigenvalue weighted by molar-refractivity contribution is 6.31. The molecule has 2 aromatic carbocycles. The van der Waals surface area contributed by atoms with E-state index in [1.807, 2.05) is 0 Å². The number of pyridine rings is 1. The molecule has 1 saturated heterocycles. The van der Waals surface area contributed by atoms with Crippen LogP contribution in [0.2, 0.25) is 5.02 Å². The zero-order valence-electron chi connectivity index (χ0n) is 22.7. The van der Waals surface area contributed by atoms with E-state index < -0.39 is 17.5 Å². The number of amides is 1. The van der Waals surface area contributed by atoms with E-state index in [1.165, 1.54) is 30.9 Å². The number of carbonyl (C=O) groups is 3. The van der Waals surface area contributed by atoms with Crippen molar-refractivity contribution in [3.8, 4) is 16.9 Å². The number of aldehydes is 1. The summed E-state index contributed by atoms with van der Waals surface area (Å²) in [5.41, 5.74) is 1.81. The molecule has 3 aromatic rings. The fraction of sp³-hybridized carbons (Fsp3) is 0.333. The molecule has 212 valence electrons. The number of aliphatic hydroxyl groups excluding tert-OH is 1. The molecule has 40 heavy (non-hydrogen) atoms. The number of hydrogen-bond acceptors (Lipinski definition) is 7. The van der Waals surface area contributed by atoms with Gasteiger partial charge in [0.05, 0.1) is 19.4 Å². The molecule has 1 aliphatic heterocycles. The molecule has 4 rings (SSSR count). The molecule has 1 fully saturated rings. The molecule has 9 nitrogen and oxygen atoms in total. The number of halogens is 1. The van der Waals surface area contributed by atoms with Crippen LogP contribution in [0.4, 0.5) is 5.69 Å². The highest BCUT2D eigenvalue weighted by Crippen LogP contribution is 2.34. The number of nitrogens with zero attached hydrogens (tertiary/aromatic N) is 1. The molecule has 10 heteroatoms. The first-order valence-electron chi connectivity index (χ1n) is 12.8. The van der Waals surface area contributed by atoms with Crippen molar-refractivity contribution in [3.05, 3.63) is 81.2 Å². The molecular formula is C30H33ClN2O7. The van der Waals surface area contributed by atoms with Crippen LogP contribution in [0.3, 0.4) is 0 Å². The minimum absolute atomic E-state index is 0.185. The molecular weight excluding hydrogens is 536 g/mol. The van der Waals surface area contributed by atoms with Crippen LogP contribution in [0.15, 0.2) is 59.5 Å². The topological polar surface area (TPSA) is 124 Å². The lowest BCUT2D eigenvalue weighted by atomic mass is 9.97. The Hall–Kier alpha value is -3.79. The van der Waals surface area contributed by atoms with Crippen LogP contribution < -0.4 is 15.6 Å². The molecule has 0 radical (unpaired) electrons. The summed E-state index contributed by atoms with van der Waals surface area (Å²) >= 11 is 6.21. The summed E-state index contributed by atoms with van der Waals surface area (Å²) in [6.07, 6.45) is 5.03. The van der Waals surface area contributed by atoms with Gasteiger partial charge >= 0.3 is 0 Å². The van der Waals surface area contributed by atoms with E-state index in [-0.39, 0.29) is 18.3 Å². The molecule has 2 atom stereocenters. The molecule has 2 N–H and O–H groups in total. The van der Waals surface area contributed by atoms with Crippen molar-refractivity contribution >= 4 is 35.3 Å². The quantitative estimate of drug-likeness (QED) is 0.277. The predicted octanol–water partition coefficient (Wildman–Crippen LogP) is 4.94. The van der Waals surface area contributed by atoms with Gasteiger partial charge in [-0.2, -0.15) is 0 Å². The van der Waals surface area contributed by atoms with E-state index in [1.54, 1.807) is 42.5 Å². The van der Waals surface area contributed by atoms with Gasteiger partial charge in [0.15, 0.2) is 5.78 Å². The normalized spacial score (nSPS) is 15.3. The Balaban J connectivity index is 0.00000216. The van der Waals surface area contributed by atoms with Crippen molar-refractivity contribution in [3.63, 3.8) is 0 Å². The largest absolute Gasteiger partial charge is 0.495 e. The molecule has 0 aliphatic carbocycles. The Labute approximate surface area is 237 Å². The first-order valence-corrected chi connectivity index (χ1v) is 13.2. The molecule has 1 amide bonds. The average Bonchev–Trinajstić information content (AvgIpc) is 2.97. The summed E-state index contributed by atoms with van der Waals surface area (Å²) in [5, 5.41) is 10.3. The van der Waals surface area contributed by atoms with Gasteiger partial charge in [-0.3, -0.25) is 23.7 Å². The van der Waals surface area contributed by atoms with Crippen LogP contribution in [0, 0.1) is 0 Å². The lowest BCUT2D eigenvalue weighted by Gasteiger charge is -2.28. The second-order valence-corrected chi connectivity index (χ2v) is 9.65. The molecule has 2 unspecified atom stereocenters. The predicted molar refractivity (Wildman–Crippen MR) is 154 cm³/mol. The van der Waals surface area contributed by atoms with Crippen LogP contribution in [-0.2, 0) is 9.53 Å². The Kier molecular flexibility index (Phi) is 11.2. The molecule has 2 heterocycles. The van der Waals surface area contributed by atoms with Crippen molar-refractivity contribution in [2.75, 3.05) is 26.1 Å². The fourth-order valence-electron chi connectivity index (χ4n) is 4.65. The average molecular weight is 569 g/mol. The van der Waals surface area contributed by atoms with Gasteiger partial charge in [0.2, 0.25) is 5.91 Å². The number of anilines is 1. The fourth-order valence-corrected chi connectivity index (χ4v) is 4.82. The number of nitrogens with one attached hydrogen (secondary N) is 1. The van der Waals surface area contributed by atoms with Gasteiger partial charge in [0, 0.05) is 53.6 Å². The second-order valence-electron chi connectivity index (χ2n) is 9.22. The maximum atomic E-state index is 13.5. The number of methoxy groups -OCH3 is 1. The number of benzene rings is 2. The van der Waals surface area contributed by atoms with Crippen LogP contribution in [0.5, 0.6) is 5.75 Å². The van der Waals surface area contributed by atoms with Gasteiger partial charge in [-0.25, -0.2) is 0 Å². The lowest BCUT2D eigenvalue weighted by Crippen LogP contribution is -2.36. The molecule has 0 bridgehead atoms. The minimum atomic E-state index is -0.897. The Morgan fingerprint density at radius 2 is 1.88 bits per heavy atom. The van der Waals surface area contributed by atoms with E-state index in [4.69, 9.17) is 26.2 Å². The number of rotatable bonds is 9. The van der Waals surface area contributed by atoms with Gasteiger partial charge in [0.25, 0.3) is 5.56 Å². The highest BCUT2D eigenvalue weighted by atomic mass is 35.5. The minimum Gasteiger partial charge on any atom is -0.495 e. The summed E-state index contributed by atoms with van der Waals surface area (Å²) in [5.74, 6) is -0.274. The van der Waals surface area contributed by atoms with Crippen molar-refractivity contribution in [1.82, 2.24) is 4.57 Å². The smallest absolute Gasteiger partial charge is 0.252 e. The summed E-state index contributed by atoms with van der Waals surface area (Å²) in [6, 6.07) is 11.8. The zero-order chi connectivity index (χ0) is 29.2. The van der Waals surface area contributed by atoms with Gasteiger partial charge < -0.3 is 19.9 Å². The Bertz CT molecular complexity index is 1400. The van der Waals surface area contributed by atoms with Gasteiger partial charge in [-0.1, -0.05) is 11.6 Å². The van der Waals surface area contributed by atoms with E-state index in [0.29, 0.717) is 45.3 Å². The lowest BCUT2D eigenvalue weighted by molar-refractivity contribution is -0.121. The monoisotopic (exact) mass is 568 g/mol. The Morgan fingerprint density at radius 1 is 1.15 bits per heavy atom. The van der Waals surface area contributed by atoms with Crippen LogP contribution in [0.25, 0.3) is 11.1 Å². The SMILES string of the molecule is CO.COc1cn(C(CC2CCCCO2)C(=O)Nc2ccc(C=O)cc2)c(=O)cc1-c1cc(Cl)ccc1C(C)=O. The molecule has 1 aromatic heterocycles. The second kappa shape index (κ2) is 14.6. The molecule has 0 spiro atoms.